The van der Waals surface area contributed by atoms with Gasteiger partial charge in [-0.15, -0.1) is 11.3 Å². The summed E-state index contributed by atoms with van der Waals surface area (Å²) in [5.74, 6) is 0.700. The van der Waals surface area contributed by atoms with Crippen LogP contribution in [0.1, 0.15) is 67.6 Å². The number of alkyl halides is 3. The van der Waals surface area contributed by atoms with Gasteiger partial charge in [-0.2, -0.15) is 18.4 Å². The van der Waals surface area contributed by atoms with Crippen LogP contribution in [0.5, 0.6) is 0 Å². The van der Waals surface area contributed by atoms with Crippen molar-refractivity contribution in [2.24, 2.45) is 11.3 Å². The summed E-state index contributed by atoms with van der Waals surface area (Å²) >= 11 is 1.07. The molecule has 1 saturated heterocycles. The van der Waals surface area contributed by atoms with Crippen LogP contribution < -0.4 is 10.6 Å². The van der Waals surface area contributed by atoms with E-state index in [9.17, 15) is 23.2 Å². The molecule has 0 radical (unpaired) electrons. The Labute approximate surface area is 270 Å². The highest BCUT2D eigenvalue weighted by Gasteiger charge is 2.68. The maximum Gasteiger partial charge on any atom is 0.393 e. The number of nitrogens with zero attached hydrogens (tertiary/aromatic N) is 5. The number of benzene rings is 1. The Hall–Kier alpha value is -3.69. The predicted molar refractivity (Wildman–Crippen MR) is 172 cm³/mol. The maximum atomic E-state index is 12.9. The number of aromatic nitrogens is 3. The van der Waals surface area contributed by atoms with Crippen LogP contribution in [0.4, 0.5) is 19.0 Å². The summed E-state index contributed by atoms with van der Waals surface area (Å²) in [6, 6.07) is 10.5. The summed E-state index contributed by atoms with van der Waals surface area (Å²) in [7, 11) is 0. The van der Waals surface area contributed by atoms with Gasteiger partial charge in [-0.05, 0) is 73.8 Å². The van der Waals surface area contributed by atoms with Gasteiger partial charge in [-0.3, -0.25) is 9.69 Å². The fourth-order valence-electron chi connectivity index (χ4n) is 7.97. The second-order valence-corrected chi connectivity index (χ2v) is 15.2. The van der Waals surface area contributed by atoms with Gasteiger partial charge in [-0.1, -0.05) is 19.9 Å². The third kappa shape index (κ3) is 5.72. The van der Waals surface area contributed by atoms with Crippen LogP contribution in [-0.2, 0) is 24.3 Å². The number of halogens is 3. The number of anilines is 1. The summed E-state index contributed by atoms with van der Waals surface area (Å²) in [4.78, 5) is 24.0. The molecule has 3 aliphatic carbocycles. The van der Waals surface area contributed by atoms with Crippen molar-refractivity contribution in [2.75, 3.05) is 18.4 Å². The van der Waals surface area contributed by atoms with Gasteiger partial charge in [0.2, 0.25) is 5.91 Å². The smallest absolute Gasteiger partial charge is 0.367 e. The number of piperidine rings is 1. The number of amides is 1. The average molecular weight is 650 g/mol. The molecular formula is C34H38F3N7OS. The van der Waals surface area contributed by atoms with Crippen molar-refractivity contribution in [1.82, 2.24) is 24.8 Å². The van der Waals surface area contributed by atoms with E-state index in [1.165, 1.54) is 17.5 Å². The number of nitrogens with one attached hydrogen (secondary N) is 2. The molecule has 4 aliphatic rings. The Morgan fingerprint density at radius 2 is 1.89 bits per heavy atom. The number of rotatable bonds is 9. The first-order valence-corrected chi connectivity index (χ1v) is 16.8. The molecule has 12 heteroatoms. The van der Waals surface area contributed by atoms with Gasteiger partial charge in [0, 0.05) is 59.5 Å². The first kappa shape index (κ1) is 30.9. The van der Waals surface area contributed by atoms with Crippen LogP contribution >= 0.6 is 11.3 Å². The number of thiophene rings is 1. The van der Waals surface area contributed by atoms with Gasteiger partial charge in [0.25, 0.3) is 0 Å². The number of aryl methyl sites for hydroxylation is 1. The van der Waals surface area contributed by atoms with Crippen LogP contribution in [0.15, 0.2) is 30.6 Å². The van der Waals surface area contributed by atoms with Gasteiger partial charge in [0.15, 0.2) is 0 Å². The van der Waals surface area contributed by atoms with Gasteiger partial charge in [0.05, 0.1) is 11.8 Å². The van der Waals surface area contributed by atoms with E-state index in [0.717, 1.165) is 80.5 Å². The number of nitriles is 1. The molecule has 4 fully saturated rings. The topological polar surface area (TPSA) is 98.9 Å². The molecule has 3 saturated carbocycles. The van der Waals surface area contributed by atoms with E-state index in [1.807, 2.05) is 19.9 Å². The molecule has 8 nitrogen and oxygen atoms in total. The van der Waals surface area contributed by atoms with E-state index < -0.39 is 12.6 Å². The largest absolute Gasteiger partial charge is 0.393 e. The lowest BCUT2D eigenvalue weighted by Gasteiger charge is -2.71. The molecule has 4 heterocycles. The molecule has 0 spiro atoms. The van der Waals surface area contributed by atoms with Gasteiger partial charge in [-0.25, -0.2) is 9.97 Å². The van der Waals surface area contributed by atoms with Gasteiger partial charge in [0.1, 0.15) is 28.7 Å². The number of carbonyl (C=O) groups is 1. The average Bonchev–Trinajstić information content (AvgIpc) is 3.53. The molecule has 2 N–H and O–H groups in total. The van der Waals surface area contributed by atoms with Crippen molar-refractivity contribution >= 4 is 44.2 Å². The summed E-state index contributed by atoms with van der Waals surface area (Å²) in [5.41, 5.74) is 4.32. The number of hydrogen-bond donors (Lipinski definition) is 2. The highest BCUT2D eigenvalue weighted by atomic mass is 32.1. The quantitative estimate of drug-likeness (QED) is 0.209. The Kier molecular flexibility index (Phi) is 7.55. The molecule has 4 aromatic rings. The first-order chi connectivity index (χ1) is 21.8. The summed E-state index contributed by atoms with van der Waals surface area (Å²) < 4.78 is 41.0. The second kappa shape index (κ2) is 11.2. The van der Waals surface area contributed by atoms with Crippen LogP contribution in [0.25, 0.3) is 21.1 Å². The Bertz CT molecular complexity index is 1840. The fourth-order valence-corrected chi connectivity index (χ4v) is 9.00. The lowest BCUT2D eigenvalue weighted by molar-refractivity contribution is -0.173. The SMILES string of the molecule is Cc1c(CN2CCC(Nc3ncnc4sc(CC(F)(F)F)cc34)CC2)ccc2c1cc(C#N)n2CC12CC(NC(=O)C(C)C)(C1)C2. The zero-order chi connectivity index (χ0) is 32.4. The Morgan fingerprint density at radius 1 is 1.15 bits per heavy atom. The van der Waals surface area contributed by atoms with Crippen LogP contribution in [0.3, 0.4) is 0 Å². The van der Waals surface area contributed by atoms with Crippen LogP contribution in [0, 0.1) is 29.6 Å². The van der Waals surface area contributed by atoms with Crippen molar-refractivity contribution in [2.45, 2.75) is 90.1 Å². The lowest BCUT2D eigenvalue weighted by atomic mass is 9.39. The molecule has 3 aromatic heterocycles. The molecule has 46 heavy (non-hydrogen) atoms. The molecule has 2 bridgehead atoms. The summed E-state index contributed by atoms with van der Waals surface area (Å²) in [6.45, 7) is 9.36. The van der Waals surface area contributed by atoms with Gasteiger partial charge < -0.3 is 15.2 Å². The number of fused-ring (bicyclic) bond motifs is 2. The van der Waals surface area contributed by atoms with E-state index in [0.29, 0.717) is 21.7 Å². The monoisotopic (exact) mass is 649 g/mol. The van der Waals surface area contributed by atoms with E-state index in [1.54, 1.807) is 6.07 Å². The maximum absolute atomic E-state index is 12.9. The highest BCUT2D eigenvalue weighted by molar-refractivity contribution is 7.18. The molecular weight excluding hydrogens is 611 g/mol. The van der Waals surface area contributed by atoms with Crippen molar-refractivity contribution in [3.8, 4) is 6.07 Å². The number of likely N-dealkylation sites (tertiary alicyclic amines) is 1. The molecule has 242 valence electrons. The van der Waals surface area contributed by atoms with Gasteiger partial charge >= 0.3 is 6.18 Å². The molecule has 1 amide bonds. The standard InChI is InChI=1S/C34H38F3N7OS/c1-20(2)30(45)42-33-15-32(16-33,17-33)18-44-24(13-38)10-26-21(3)22(4-5-28(26)44)14-43-8-6-23(7-9-43)41-29-27-11-25(12-34(35,36)37)46-31(27)40-19-39-29/h4-5,10-11,19-20,23H,6-9,12,14-18H2,1-3H3,(H,42,45)(H,39,40,41). The minimum Gasteiger partial charge on any atom is -0.367 e. The lowest BCUT2D eigenvalue weighted by Crippen LogP contribution is -2.75. The third-order valence-electron chi connectivity index (χ3n) is 10.2. The normalized spacial score (nSPS) is 23.3. The van der Waals surface area contributed by atoms with E-state index in [4.69, 9.17) is 0 Å². The predicted octanol–water partition coefficient (Wildman–Crippen LogP) is 6.70. The summed E-state index contributed by atoms with van der Waals surface area (Å²) in [6.07, 6.45) is 0.896. The van der Waals surface area contributed by atoms with E-state index >= 15 is 0 Å². The van der Waals surface area contributed by atoms with Crippen molar-refractivity contribution in [1.29, 1.82) is 5.26 Å². The minimum atomic E-state index is -4.26. The van der Waals surface area contributed by atoms with Crippen LogP contribution in [-0.4, -0.2) is 56.2 Å². The first-order valence-electron chi connectivity index (χ1n) is 16.0. The zero-order valence-corrected chi connectivity index (χ0v) is 27.1. The molecule has 0 atom stereocenters. The van der Waals surface area contributed by atoms with E-state index in [2.05, 4.69) is 55.2 Å². The Balaban J connectivity index is 0.984. The zero-order valence-electron chi connectivity index (χ0n) is 26.3. The molecule has 8 rings (SSSR count). The fraction of sp³-hybridized carbons (Fsp3) is 0.529. The van der Waals surface area contributed by atoms with Crippen molar-refractivity contribution in [3.05, 3.63) is 52.3 Å². The molecule has 0 unspecified atom stereocenters. The third-order valence-corrected chi connectivity index (χ3v) is 11.2. The molecule has 1 aliphatic heterocycles. The number of carbonyl (C=O) groups excluding carboxylic acids is 1. The van der Waals surface area contributed by atoms with Crippen molar-refractivity contribution in [3.63, 3.8) is 0 Å². The molecule has 1 aromatic carbocycles. The minimum absolute atomic E-state index is 0.0170. The summed E-state index contributed by atoms with van der Waals surface area (Å²) in [5, 5.41) is 18.5. The van der Waals surface area contributed by atoms with Crippen LogP contribution in [0.2, 0.25) is 0 Å². The Morgan fingerprint density at radius 3 is 2.57 bits per heavy atom. The highest BCUT2D eigenvalue weighted by Crippen LogP contribution is 2.68. The number of hydrogen-bond acceptors (Lipinski definition) is 7. The van der Waals surface area contributed by atoms with E-state index in [-0.39, 0.29) is 33.7 Å². The van der Waals surface area contributed by atoms with Crippen molar-refractivity contribution < 1.29 is 18.0 Å². The second-order valence-electron chi connectivity index (χ2n) is 14.1.